The van der Waals surface area contributed by atoms with E-state index in [9.17, 15) is 4.79 Å². The zero-order valence-corrected chi connectivity index (χ0v) is 22.8. The lowest BCUT2D eigenvalue weighted by molar-refractivity contribution is -0.122. The Labute approximate surface area is 231 Å². The summed E-state index contributed by atoms with van der Waals surface area (Å²) in [5, 5.41) is 6.72. The van der Waals surface area contributed by atoms with E-state index in [0.717, 1.165) is 63.2 Å². The molecule has 6 heteroatoms. The summed E-state index contributed by atoms with van der Waals surface area (Å²) in [6.07, 6.45) is 9.26. The molecule has 198 valence electrons. The summed E-state index contributed by atoms with van der Waals surface area (Å²) in [5.41, 5.74) is 6.77. The Hall–Kier alpha value is -2.93. The maximum atomic E-state index is 12.6. The first-order valence-corrected chi connectivity index (χ1v) is 14.9. The smallest absolute Gasteiger partial charge is 0.238 e. The van der Waals surface area contributed by atoms with Crippen LogP contribution < -0.4 is 10.6 Å². The lowest BCUT2D eigenvalue weighted by atomic mass is 9.88. The van der Waals surface area contributed by atoms with E-state index in [0.29, 0.717) is 0 Å². The molecule has 38 heavy (non-hydrogen) atoms. The van der Waals surface area contributed by atoms with E-state index in [1.54, 1.807) is 23.5 Å². The van der Waals surface area contributed by atoms with Gasteiger partial charge < -0.3 is 10.2 Å². The minimum absolute atomic E-state index is 0.117. The van der Waals surface area contributed by atoms with Gasteiger partial charge in [-0.05, 0) is 60.6 Å². The van der Waals surface area contributed by atoms with E-state index in [-0.39, 0.29) is 17.3 Å². The van der Waals surface area contributed by atoms with Gasteiger partial charge in [0.15, 0.2) is 0 Å². The zero-order chi connectivity index (χ0) is 26.0. The van der Waals surface area contributed by atoms with Crippen LogP contribution in [0.4, 0.5) is 0 Å². The molecule has 0 aliphatic carbocycles. The van der Waals surface area contributed by atoms with Crippen molar-refractivity contribution >= 4 is 23.2 Å². The summed E-state index contributed by atoms with van der Waals surface area (Å²) in [4.78, 5) is 19.4. The van der Waals surface area contributed by atoms with Crippen molar-refractivity contribution in [1.29, 1.82) is 0 Å². The van der Waals surface area contributed by atoms with Crippen molar-refractivity contribution in [2.24, 2.45) is 0 Å². The number of hydrogen-bond acceptors (Lipinski definition) is 5. The number of hydrogen-bond donors (Lipinski definition) is 2. The van der Waals surface area contributed by atoms with Gasteiger partial charge in [-0.15, -0.1) is 11.8 Å². The standard InChI is InChI=1S/C32H38N4OS/c37-31(29-24-38-32(35-29)28-15-10-18-33-23-28)34-19-8-3-9-20-36-21-16-27(17-22-36)30(25-11-4-1-5-12-25)26-13-6-2-7-14-26/h1-2,4-7,10-15,18,23,29,32,35H,3,8-9,16-17,19-22,24H2,(H,34,37). The minimum atomic E-state index is -0.127. The van der Waals surface area contributed by atoms with Gasteiger partial charge in [-0.3, -0.25) is 15.1 Å². The Morgan fingerprint density at radius 1 is 0.921 bits per heavy atom. The van der Waals surface area contributed by atoms with Crippen LogP contribution in [0.1, 0.15) is 54.2 Å². The molecular formula is C32H38N4OS. The van der Waals surface area contributed by atoms with Crippen molar-refractivity contribution in [2.75, 3.05) is 31.9 Å². The number of carbonyl (C=O) groups is 1. The minimum Gasteiger partial charge on any atom is -0.355 e. The summed E-state index contributed by atoms with van der Waals surface area (Å²) < 4.78 is 0. The van der Waals surface area contributed by atoms with Crippen molar-refractivity contribution in [3.05, 3.63) is 107 Å². The van der Waals surface area contributed by atoms with E-state index in [4.69, 9.17) is 0 Å². The number of thioether (sulfide) groups is 1. The Kier molecular flexibility index (Phi) is 9.64. The molecule has 5 nitrogen and oxygen atoms in total. The number of aromatic nitrogens is 1. The number of unbranched alkanes of at least 4 members (excludes halogenated alkanes) is 2. The third-order valence-corrected chi connectivity index (χ3v) is 8.74. The van der Waals surface area contributed by atoms with Crippen molar-refractivity contribution in [3.8, 4) is 0 Å². The van der Waals surface area contributed by atoms with Crippen LogP contribution in [0.2, 0.25) is 0 Å². The molecule has 1 amide bonds. The molecule has 2 aromatic carbocycles. The normalized spacial score (nSPS) is 19.8. The van der Waals surface area contributed by atoms with Gasteiger partial charge >= 0.3 is 0 Å². The maximum Gasteiger partial charge on any atom is 0.238 e. The number of nitrogens with one attached hydrogen (secondary N) is 2. The first kappa shape index (κ1) is 26.7. The highest BCUT2D eigenvalue weighted by Crippen LogP contribution is 2.33. The molecule has 2 aliphatic rings. The summed E-state index contributed by atoms with van der Waals surface area (Å²) in [5.74, 6) is 0.916. The third kappa shape index (κ3) is 7.13. The highest BCUT2D eigenvalue weighted by Gasteiger charge is 2.30. The zero-order valence-electron chi connectivity index (χ0n) is 22.0. The predicted octanol–water partition coefficient (Wildman–Crippen LogP) is 5.67. The SMILES string of the molecule is O=C(NCCCCCN1CCC(=C(c2ccccc2)c2ccccc2)CC1)C1CSC(c2cccnc2)N1. The van der Waals surface area contributed by atoms with Gasteiger partial charge in [0.25, 0.3) is 0 Å². The molecule has 2 saturated heterocycles. The average molecular weight is 527 g/mol. The Morgan fingerprint density at radius 3 is 2.29 bits per heavy atom. The second-order valence-electron chi connectivity index (χ2n) is 10.1. The van der Waals surface area contributed by atoms with Crippen LogP contribution in [0.15, 0.2) is 90.8 Å². The van der Waals surface area contributed by atoms with Crippen molar-refractivity contribution in [3.63, 3.8) is 0 Å². The second-order valence-corrected chi connectivity index (χ2v) is 11.3. The van der Waals surface area contributed by atoms with Crippen LogP contribution >= 0.6 is 11.8 Å². The van der Waals surface area contributed by atoms with Crippen molar-refractivity contribution in [2.45, 2.75) is 43.5 Å². The lowest BCUT2D eigenvalue weighted by Crippen LogP contribution is -2.42. The van der Waals surface area contributed by atoms with E-state index in [1.807, 2.05) is 12.3 Å². The number of nitrogens with zero attached hydrogens (tertiary/aromatic N) is 2. The first-order valence-electron chi connectivity index (χ1n) is 13.9. The third-order valence-electron chi connectivity index (χ3n) is 7.47. The number of rotatable bonds is 10. The Balaban J connectivity index is 1.01. The van der Waals surface area contributed by atoms with E-state index in [2.05, 4.69) is 87.2 Å². The molecule has 2 aliphatic heterocycles. The quantitative estimate of drug-likeness (QED) is 0.334. The number of pyridine rings is 1. The van der Waals surface area contributed by atoms with E-state index >= 15 is 0 Å². The number of piperidine rings is 1. The van der Waals surface area contributed by atoms with Crippen LogP contribution in [0.25, 0.3) is 5.57 Å². The first-order chi connectivity index (χ1) is 18.8. The Bertz CT molecular complexity index is 1130. The molecule has 0 spiro atoms. The van der Waals surface area contributed by atoms with Gasteiger partial charge in [0.1, 0.15) is 0 Å². The number of likely N-dealkylation sites (tertiary alicyclic amines) is 1. The van der Waals surface area contributed by atoms with Crippen molar-refractivity contribution < 1.29 is 4.79 Å². The molecule has 5 rings (SSSR count). The fraction of sp³-hybridized carbons (Fsp3) is 0.375. The van der Waals surface area contributed by atoms with Crippen LogP contribution in [0, 0.1) is 0 Å². The highest BCUT2D eigenvalue weighted by atomic mass is 32.2. The van der Waals surface area contributed by atoms with Gasteiger partial charge in [-0.1, -0.05) is 78.7 Å². The van der Waals surface area contributed by atoms with Gasteiger partial charge in [0.2, 0.25) is 5.91 Å². The van der Waals surface area contributed by atoms with Gasteiger partial charge in [-0.2, -0.15) is 0 Å². The number of carbonyl (C=O) groups excluding carboxylic acids is 1. The number of amides is 1. The highest BCUT2D eigenvalue weighted by molar-refractivity contribution is 7.99. The van der Waals surface area contributed by atoms with Crippen LogP contribution in [0.3, 0.4) is 0 Å². The van der Waals surface area contributed by atoms with Crippen molar-refractivity contribution in [1.82, 2.24) is 20.5 Å². The van der Waals surface area contributed by atoms with E-state index in [1.165, 1.54) is 23.1 Å². The summed E-state index contributed by atoms with van der Waals surface area (Å²) in [7, 11) is 0. The largest absolute Gasteiger partial charge is 0.355 e. The molecule has 2 N–H and O–H groups in total. The second kappa shape index (κ2) is 13.7. The Morgan fingerprint density at radius 2 is 1.63 bits per heavy atom. The fourth-order valence-corrected chi connectivity index (χ4v) is 6.62. The molecule has 2 unspecified atom stereocenters. The molecule has 3 heterocycles. The topological polar surface area (TPSA) is 57.3 Å². The summed E-state index contributed by atoms with van der Waals surface area (Å²) in [6.45, 7) is 4.14. The number of benzene rings is 2. The van der Waals surface area contributed by atoms with Crippen LogP contribution in [-0.2, 0) is 4.79 Å². The van der Waals surface area contributed by atoms with Crippen LogP contribution in [0.5, 0.6) is 0 Å². The molecular weight excluding hydrogens is 488 g/mol. The molecule has 0 bridgehead atoms. The van der Waals surface area contributed by atoms with E-state index < -0.39 is 0 Å². The predicted molar refractivity (Wildman–Crippen MR) is 158 cm³/mol. The molecule has 3 aromatic rings. The van der Waals surface area contributed by atoms with Gasteiger partial charge in [-0.25, -0.2) is 0 Å². The maximum absolute atomic E-state index is 12.6. The monoisotopic (exact) mass is 526 g/mol. The lowest BCUT2D eigenvalue weighted by Gasteiger charge is -2.30. The molecule has 2 atom stereocenters. The van der Waals surface area contributed by atoms with Crippen LogP contribution in [-0.4, -0.2) is 53.8 Å². The molecule has 2 fully saturated rings. The fourth-order valence-electron chi connectivity index (χ4n) is 5.40. The average Bonchev–Trinajstić information content (AvgIpc) is 3.48. The molecule has 1 aromatic heterocycles. The molecule has 0 saturated carbocycles. The summed E-state index contributed by atoms with van der Waals surface area (Å²) in [6, 6.07) is 25.6. The summed E-state index contributed by atoms with van der Waals surface area (Å²) >= 11 is 1.77. The molecule has 0 radical (unpaired) electrons. The van der Waals surface area contributed by atoms with Gasteiger partial charge in [0, 0.05) is 37.8 Å². The van der Waals surface area contributed by atoms with Gasteiger partial charge in [0.05, 0.1) is 11.4 Å².